The number of nitrogens with one attached hydrogen (secondary N) is 1. The van der Waals surface area contributed by atoms with Gasteiger partial charge in [-0.25, -0.2) is 9.80 Å². The van der Waals surface area contributed by atoms with Crippen molar-refractivity contribution in [3.63, 3.8) is 0 Å². The van der Waals surface area contributed by atoms with Crippen LogP contribution in [0.25, 0.3) is 0 Å². The molecule has 1 aromatic heterocycles. The van der Waals surface area contributed by atoms with Crippen LogP contribution >= 0.6 is 0 Å². The molecular formula is C17H18N4O6. The second-order valence-corrected chi connectivity index (χ2v) is 6.08. The SMILES string of the molecule is COc1cc([C@@H]2CC(c3c(O)n(C)c(=O)[nH]c3=O)=NN2C(C)=O)ccc1O. The van der Waals surface area contributed by atoms with Crippen molar-refractivity contribution >= 4 is 11.6 Å². The highest BCUT2D eigenvalue weighted by Crippen LogP contribution is 2.37. The molecular weight excluding hydrogens is 356 g/mol. The van der Waals surface area contributed by atoms with Crippen LogP contribution < -0.4 is 16.0 Å². The Morgan fingerprint density at radius 2 is 2.04 bits per heavy atom. The zero-order chi connectivity index (χ0) is 19.9. The van der Waals surface area contributed by atoms with Gasteiger partial charge in [-0.15, -0.1) is 0 Å². The molecule has 1 aromatic carbocycles. The minimum Gasteiger partial charge on any atom is -0.504 e. The number of benzene rings is 1. The van der Waals surface area contributed by atoms with E-state index in [-0.39, 0.29) is 35.1 Å². The first-order valence-corrected chi connectivity index (χ1v) is 8.01. The zero-order valence-electron chi connectivity index (χ0n) is 14.9. The molecule has 142 valence electrons. The van der Waals surface area contributed by atoms with E-state index >= 15 is 0 Å². The van der Waals surface area contributed by atoms with E-state index in [1.54, 1.807) is 12.1 Å². The van der Waals surface area contributed by atoms with Crippen molar-refractivity contribution in [2.75, 3.05) is 7.11 Å². The number of aromatic amines is 1. The van der Waals surface area contributed by atoms with Gasteiger partial charge < -0.3 is 14.9 Å². The molecule has 0 radical (unpaired) electrons. The Hall–Kier alpha value is -3.56. The molecule has 10 heteroatoms. The van der Waals surface area contributed by atoms with Crippen molar-refractivity contribution in [3.05, 3.63) is 50.2 Å². The van der Waals surface area contributed by atoms with Gasteiger partial charge in [0.2, 0.25) is 11.8 Å². The molecule has 27 heavy (non-hydrogen) atoms. The third kappa shape index (κ3) is 3.05. The predicted octanol–water partition coefficient (Wildman–Crippen LogP) is 0.191. The third-order valence-electron chi connectivity index (χ3n) is 4.40. The number of nitrogens with zero attached hydrogens (tertiary/aromatic N) is 3. The molecule has 2 aromatic rings. The quantitative estimate of drug-likeness (QED) is 0.701. The fraction of sp³-hybridized carbons (Fsp3) is 0.294. The summed E-state index contributed by atoms with van der Waals surface area (Å²) in [5, 5.41) is 25.4. The summed E-state index contributed by atoms with van der Waals surface area (Å²) < 4.78 is 5.98. The van der Waals surface area contributed by atoms with Crippen molar-refractivity contribution in [1.29, 1.82) is 0 Å². The maximum absolute atomic E-state index is 12.2. The smallest absolute Gasteiger partial charge is 0.330 e. The number of aromatic nitrogens is 2. The van der Waals surface area contributed by atoms with Crippen LogP contribution in [0.3, 0.4) is 0 Å². The van der Waals surface area contributed by atoms with Gasteiger partial charge in [0.05, 0.1) is 18.9 Å². The van der Waals surface area contributed by atoms with Gasteiger partial charge in [-0.05, 0) is 17.7 Å². The number of hydrazone groups is 1. The third-order valence-corrected chi connectivity index (χ3v) is 4.40. The van der Waals surface area contributed by atoms with E-state index in [0.717, 1.165) is 4.57 Å². The highest BCUT2D eigenvalue weighted by atomic mass is 16.5. The summed E-state index contributed by atoms with van der Waals surface area (Å²) in [5.74, 6) is -0.730. The Kier molecular flexibility index (Phi) is 4.48. The first-order valence-electron chi connectivity index (χ1n) is 8.01. The van der Waals surface area contributed by atoms with Gasteiger partial charge in [0.1, 0.15) is 5.56 Å². The molecule has 0 unspecified atom stereocenters. The average molecular weight is 374 g/mol. The molecule has 3 N–H and O–H groups in total. The Balaban J connectivity index is 2.09. The molecule has 1 aliphatic heterocycles. The molecule has 1 amide bonds. The molecule has 0 fully saturated rings. The molecule has 3 rings (SSSR count). The molecule has 0 aliphatic carbocycles. The molecule has 1 atom stereocenters. The van der Waals surface area contributed by atoms with Crippen LogP contribution in [0.15, 0.2) is 32.9 Å². The Bertz CT molecular complexity index is 1070. The summed E-state index contributed by atoms with van der Waals surface area (Å²) >= 11 is 0. The summed E-state index contributed by atoms with van der Waals surface area (Å²) in [6.45, 7) is 1.32. The second kappa shape index (κ2) is 6.63. The fourth-order valence-corrected chi connectivity index (χ4v) is 2.98. The number of ether oxygens (including phenoxy) is 1. The molecule has 10 nitrogen and oxygen atoms in total. The molecule has 0 saturated carbocycles. The van der Waals surface area contributed by atoms with Crippen LogP contribution in [0.5, 0.6) is 17.4 Å². The summed E-state index contributed by atoms with van der Waals surface area (Å²) in [5.41, 5.74) is -0.933. The molecule has 0 saturated heterocycles. The Labute approximate surface area is 152 Å². The highest BCUT2D eigenvalue weighted by molar-refractivity contribution is 6.04. The van der Waals surface area contributed by atoms with Crippen molar-refractivity contribution in [3.8, 4) is 17.4 Å². The van der Waals surface area contributed by atoms with Crippen LogP contribution in [0.1, 0.15) is 30.5 Å². The summed E-state index contributed by atoms with van der Waals surface area (Å²) in [6.07, 6.45) is 0.127. The van der Waals surface area contributed by atoms with Crippen LogP contribution in [-0.2, 0) is 11.8 Å². The van der Waals surface area contributed by atoms with E-state index in [2.05, 4.69) is 10.1 Å². The lowest BCUT2D eigenvalue weighted by Gasteiger charge is -2.21. The first kappa shape index (κ1) is 18.2. The number of hydrogen-bond donors (Lipinski definition) is 3. The van der Waals surface area contributed by atoms with Gasteiger partial charge in [0, 0.05) is 20.4 Å². The van der Waals surface area contributed by atoms with Crippen LogP contribution in [0.2, 0.25) is 0 Å². The van der Waals surface area contributed by atoms with Crippen molar-refractivity contribution in [2.24, 2.45) is 12.1 Å². The number of H-pyrrole nitrogens is 1. The van der Waals surface area contributed by atoms with Crippen LogP contribution in [0.4, 0.5) is 0 Å². The van der Waals surface area contributed by atoms with Crippen molar-refractivity contribution < 1.29 is 19.7 Å². The second-order valence-electron chi connectivity index (χ2n) is 6.08. The summed E-state index contributed by atoms with van der Waals surface area (Å²) in [4.78, 5) is 37.9. The number of phenolic OH excluding ortho intramolecular Hbond substituents is 1. The maximum Gasteiger partial charge on any atom is 0.330 e. The molecule has 0 spiro atoms. The normalized spacial score (nSPS) is 16.3. The lowest BCUT2D eigenvalue weighted by Crippen LogP contribution is -2.32. The van der Waals surface area contributed by atoms with Crippen molar-refractivity contribution in [2.45, 2.75) is 19.4 Å². The van der Waals surface area contributed by atoms with Gasteiger partial charge >= 0.3 is 5.69 Å². The summed E-state index contributed by atoms with van der Waals surface area (Å²) in [7, 11) is 2.71. The Morgan fingerprint density at radius 3 is 2.67 bits per heavy atom. The number of rotatable bonds is 3. The van der Waals surface area contributed by atoms with E-state index < -0.39 is 23.2 Å². The molecule has 0 bridgehead atoms. The lowest BCUT2D eigenvalue weighted by molar-refractivity contribution is -0.130. The van der Waals surface area contributed by atoms with E-state index in [1.165, 1.54) is 32.2 Å². The number of phenols is 1. The first-order chi connectivity index (χ1) is 12.7. The molecule has 2 heterocycles. The predicted molar refractivity (Wildman–Crippen MR) is 95.0 cm³/mol. The number of aromatic hydroxyl groups is 2. The largest absolute Gasteiger partial charge is 0.504 e. The number of carbonyl (C=O) groups is 1. The van der Waals surface area contributed by atoms with Gasteiger partial charge in [-0.1, -0.05) is 6.07 Å². The topological polar surface area (TPSA) is 137 Å². The van der Waals surface area contributed by atoms with E-state index in [0.29, 0.717) is 5.56 Å². The number of carbonyl (C=O) groups excluding carboxylic acids is 1. The van der Waals surface area contributed by atoms with Gasteiger partial charge in [-0.3, -0.25) is 19.1 Å². The maximum atomic E-state index is 12.2. The van der Waals surface area contributed by atoms with Crippen LogP contribution in [0, 0.1) is 0 Å². The van der Waals surface area contributed by atoms with Crippen LogP contribution in [-0.4, -0.2) is 43.5 Å². The number of hydrogen-bond acceptors (Lipinski definition) is 7. The molecule has 1 aliphatic rings. The van der Waals surface area contributed by atoms with E-state index in [9.17, 15) is 24.6 Å². The standard InChI is InChI=1S/C17H18N4O6/c1-8(22)21-11(9-4-5-12(23)13(6-9)27-3)7-10(19-21)14-15(24)18-17(26)20(2)16(14)25/h4-6,11,23,25H,7H2,1-3H3,(H,18,24,26)/t11-/m0/s1. The lowest BCUT2D eigenvalue weighted by atomic mass is 9.98. The fourth-order valence-electron chi connectivity index (χ4n) is 2.98. The zero-order valence-corrected chi connectivity index (χ0v) is 14.9. The minimum absolute atomic E-state index is 0.0538. The average Bonchev–Trinajstić information content (AvgIpc) is 3.05. The number of amides is 1. The highest BCUT2D eigenvalue weighted by Gasteiger charge is 2.34. The van der Waals surface area contributed by atoms with Gasteiger partial charge in [0.25, 0.3) is 5.56 Å². The van der Waals surface area contributed by atoms with Crippen molar-refractivity contribution in [1.82, 2.24) is 14.6 Å². The van der Waals surface area contributed by atoms with E-state index in [1.807, 2.05) is 0 Å². The number of methoxy groups -OCH3 is 1. The van der Waals surface area contributed by atoms with Gasteiger partial charge in [0.15, 0.2) is 11.5 Å². The van der Waals surface area contributed by atoms with E-state index in [4.69, 9.17) is 4.74 Å². The van der Waals surface area contributed by atoms with Gasteiger partial charge in [-0.2, -0.15) is 5.10 Å². The Morgan fingerprint density at radius 1 is 1.33 bits per heavy atom. The summed E-state index contributed by atoms with van der Waals surface area (Å²) in [6, 6.07) is 4.05. The monoisotopic (exact) mass is 374 g/mol. The minimum atomic E-state index is -0.790.